The molecule has 1 unspecified atom stereocenters. The maximum atomic E-state index is 12.2. The predicted octanol–water partition coefficient (Wildman–Crippen LogP) is 1.90. The van der Waals surface area contributed by atoms with E-state index in [1.165, 1.54) is 0 Å². The third-order valence-electron chi connectivity index (χ3n) is 3.70. The molecule has 1 N–H and O–H groups in total. The molecule has 2 saturated heterocycles. The number of rotatable bonds is 3. The lowest BCUT2D eigenvalue weighted by Gasteiger charge is -2.28. The molecular weight excluding hydrogens is 274 g/mol. The third kappa shape index (κ3) is 4.83. The molecule has 122 valence electrons. The van der Waals surface area contributed by atoms with Crippen molar-refractivity contribution in [2.75, 3.05) is 19.8 Å². The molecule has 0 spiro atoms. The van der Waals surface area contributed by atoms with Gasteiger partial charge in [-0.3, -0.25) is 0 Å². The fourth-order valence-electron chi connectivity index (χ4n) is 2.72. The van der Waals surface area contributed by atoms with E-state index in [-0.39, 0.29) is 25.0 Å². The Balaban J connectivity index is 1.88. The topological polar surface area (TPSA) is 68.2 Å². The van der Waals surface area contributed by atoms with E-state index in [0.29, 0.717) is 13.0 Å². The van der Waals surface area contributed by atoms with Crippen LogP contribution in [0.3, 0.4) is 0 Å². The van der Waals surface area contributed by atoms with Gasteiger partial charge >= 0.3 is 6.09 Å². The number of aliphatic hydroxyl groups excluding tert-OH is 1. The van der Waals surface area contributed by atoms with Crippen molar-refractivity contribution in [3.8, 4) is 0 Å². The van der Waals surface area contributed by atoms with Crippen LogP contribution in [0.4, 0.5) is 4.79 Å². The van der Waals surface area contributed by atoms with Crippen LogP contribution >= 0.6 is 0 Å². The maximum Gasteiger partial charge on any atom is 0.410 e. The molecule has 0 bridgehead atoms. The average Bonchev–Trinajstić information content (AvgIpc) is 2.81. The number of carbonyl (C=O) groups is 1. The molecule has 3 atom stereocenters. The zero-order valence-electron chi connectivity index (χ0n) is 13.2. The summed E-state index contributed by atoms with van der Waals surface area (Å²) in [5, 5.41) is 9.47. The molecule has 2 aliphatic heterocycles. The molecule has 0 aromatic carbocycles. The largest absolute Gasteiger partial charge is 0.444 e. The highest BCUT2D eigenvalue weighted by Crippen LogP contribution is 2.26. The second kappa shape index (κ2) is 6.94. The number of likely N-dealkylation sites (tertiary alicyclic amines) is 1. The summed E-state index contributed by atoms with van der Waals surface area (Å²) in [5.74, 6) is 0. The Kier molecular flexibility index (Phi) is 5.46. The first-order chi connectivity index (χ1) is 9.89. The summed E-state index contributed by atoms with van der Waals surface area (Å²) in [5.41, 5.74) is -0.539. The molecule has 0 aromatic heterocycles. The highest BCUT2D eigenvalue weighted by Gasteiger charge is 2.38. The quantitative estimate of drug-likeness (QED) is 0.862. The molecule has 21 heavy (non-hydrogen) atoms. The molecule has 1 amide bonds. The number of hydrogen-bond donors (Lipinski definition) is 1. The Morgan fingerprint density at radius 2 is 2.14 bits per heavy atom. The lowest BCUT2D eigenvalue weighted by molar-refractivity contribution is -0.185. The summed E-state index contributed by atoms with van der Waals surface area (Å²) in [6.07, 6.45) is 3.03. The SMILES string of the molecule is CC(C)(C)OC(=O)N1C[C@H](OC2CCCCO2)C[C@H]1CO. The number of carbonyl (C=O) groups excluding carboxylic acids is 1. The molecule has 2 heterocycles. The van der Waals surface area contributed by atoms with Crippen LogP contribution in [0.15, 0.2) is 0 Å². The highest BCUT2D eigenvalue weighted by molar-refractivity contribution is 5.69. The van der Waals surface area contributed by atoms with Gasteiger partial charge in [0.1, 0.15) is 5.60 Å². The fourth-order valence-corrected chi connectivity index (χ4v) is 2.72. The van der Waals surface area contributed by atoms with Gasteiger partial charge in [-0.15, -0.1) is 0 Å². The fraction of sp³-hybridized carbons (Fsp3) is 0.933. The minimum absolute atomic E-state index is 0.0787. The summed E-state index contributed by atoms with van der Waals surface area (Å²) < 4.78 is 16.9. The van der Waals surface area contributed by atoms with Gasteiger partial charge in [0, 0.05) is 6.61 Å². The first-order valence-corrected chi connectivity index (χ1v) is 7.76. The summed E-state index contributed by atoms with van der Waals surface area (Å²) in [7, 11) is 0. The standard InChI is InChI=1S/C15H27NO5/c1-15(2,3)21-14(18)16-9-12(8-11(16)10-17)20-13-6-4-5-7-19-13/h11-13,17H,4-10H2,1-3H3/t11-,12+,13?/m0/s1. The van der Waals surface area contributed by atoms with Gasteiger partial charge in [0.15, 0.2) is 6.29 Å². The van der Waals surface area contributed by atoms with Gasteiger partial charge in [0.25, 0.3) is 0 Å². The molecule has 0 radical (unpaired) electrons. The van der Waals surface area contributed by atoms with Gasteiger partial charge in [-0.05, 0) is 46.5 Å². The van der Waals surface area contributed by atoms with Crippen LogP contribution in [-0.4, -0.2) is 59.9 Å². The zero-order valence-corrected chi connectivity index (χ0v) is 13.2. The van der Waals surface area contributed by atoms with E-state index >= 15 is 0 Å². The van der Waals surface area contributed by atoms with E-state index in [1.54, 1.807) is 4.90 Å². The third-order valence-corrected chi connectivity index (χ3v) is 3.70. The van der Waals surface area contributed by atoms with Crippen LogP contribution in [0.2, 0.25) is 0 Å². The summed E-state index contributed by atoms with van der Waals surface area (Å²) >= 11 is 0. The number of aliphatic hydroxyl groups is 1. The van der Waals surface area contributed by atoms with E-state index in [0.717, 1.165) is 25.9 Å². The second-order valence-corrected chi connectivity index (χ2v) is 6.76. The van der Waals surface area contributed by atoms with Crippen LogP contribution in [-0.2, 0) is 14.2 Å². The molecule has 2 rings (SSSR count). The van der Waals surface area contributed by atoms with Gasteiger partial charge in [0.05, 0.1) is 25.3 Å². The van der Waals surface area contributed by atoms with Crippen molar-refractivity contribution in [3.63, 3.8) is 0 Å². The summed E-state index contributed by atoms with van der Waals surface area (Å²) in [6, 6.07) is -0.242. The van der Waals surface area contributed by atoms with Gasteiger partial charge in [-0.2, -0.15) is 0 Å². The van der Waals surface area contributed by atoms with Crippen molar-refractivity contribution >= 4 is 6.09 Å². The number of nitrogens with zero attached hydrogens (tertiary/aromatic N) is 1. The maximum absolute atomic E-state index is 12.2. The smallest absolute Gasteiger partial charge is 0.410 e. The zero-order chi connectivity index (χ0) is 15.5. The predicted molar refractivity (Wildman–Crippen MR) is 76.9 cm³/mol. The van der Waals surface area contributed by atoms with Crippen LogP contribution in [0.1, 0.15) is 46.5 Å². The Hall–Kier alpha value is -0.850. The number of hydrogen-bond acceptors (Lipinski definition) is 5. The van der Waals surface area contributed by atoms with E-state index in [1.807, 2.05) is 20.8 Å². The summed E-state index contributed by atoms with van der Waals surface area (Å²) in [6.45, 7) is 6.59. The van der Waals surface area contributed by atoms with Gasteiger partial charge in [0.2, 0.25) is 0 Å². The van der Waals surface area contributed by atoms with Crippen molar-refractivity contribution in [3.05, 3.63) is 0 Å². The highest BCUT2D eigenvalue weighted by atomic mass is 16.7. The molecule has 0 aromatic rings. The molecular formula is C15H27NO5. The van der Waals surface area contributed by atoms with Crippen LogP contribution in [0.5, 0.6) is 0 Å². The molecule has 0 aliphatic carbocycles. The normalized spacial score (nSPS) is 30.5. The first-order valence-electron chi connectivity index (χ1n) is 7.76. The molecule has 6 heteroatoms. The van der Waals surface area contributed by atoms with Crippen molar-refractivity contribution < 1.29 is 24.1 Å². The average molecular weight is 301 g/mol. The van der Waals surface area contributed by atoms with Gasteiger partial charge < -0.3 is 24.2 Å². The number of ether oxygens (including phenoxy) is 3. The monoisotopic (exact) mass is 301 g/mol. The Morgan fingerprint density at radius 3 is 2.71 bits per heavy atom. The van der Waals surface area contributed by atoms with E-state index in [9.17, 15) is 9.90 Å². The first kappa shape index (κ1) is 16.5. The Labute approximate surface area is 126 Å². The minimum atomic E-state index is -0.539. The lowest BCUT2D eigenvalue weighted by atomic mass is 10.2. The molecule has 6 nitrogen and oxygen atoms in total. The van der Waals surface area contributed by atoms with E-state index < -0.39 is 11.7 Å². The van der Waals surface area contributed by atoms with Crippen LogP contribution < -0.4 is 0 Å². The van der Waals surface area contributed by atoms with Crippen molar-refractivity contribution in [1.82, 2.24) is 4.90 Å². The van der Waals surface area contributed by atoms with E-state index in [2.05, 4.69) is 0 Å². The molecule has 0 saturated carbocycles. The number of amides is 1. The molecule has 2 fully saturated rings. The van der Waals surface area contributed by atoms with E-state index in [4.69, 9.17) is 14.2 Å². The van der Waals surface area contributed by atoms with Crippen molar-refractivity contribution in [1.29, 1.82) is 0 Å². The minimum Gasteiger partial charge on any atom is -0.444 e. The lowest BCUT2D eigenvalue weighted by Crippen LogP contribution is -2.41. The Bertz CT molecular complexity index is 348. The second-order valence-electron chi connectivity index (χ2n) is 6.76. The van der Waals surface area contributed by atoms with Crippen molar-refractivity contribution in [2.45, 2.75) is 70.5 Å². The van der Waals surface area contributed by atoms with Crippen LogP contribution in [0.25, 0.3) is 0 Å². The molecule has 2 aliphatic rings. The van der Waals surface area contributed by atoms with Crippen LogP contribution in [0, 0.1) is 0 Å². The summed E-state index contributed by atoms with van der Waals surface area (Å²) in [4.78, 5) is 13.7. The van der Waals surface area contributed by atoms with Gasteiger partial charge in [-0.1, -0.05) is 0 Å². The Morgan fingerprint density at radius 1 is 1.38 bits per heavy atom. The van der Waals surface area contributed by atoms with Crippen molar-refractivity contribution in [2.24, 2.45) is 0 Å². The van der Waals surface area contributed by atoms with Gasteiger partial charge in [-0.25, -0.2) is 4.79 Å².